The van der Waals surface area contributed by atoms with Crippen LogP contribution in [-0.4, -0.2) is 53.0 Å². The van der Waals surface area contributed by atoms with Gasteiger partial charge in [0.15, 0.2) is 0 Å². The summed E-state index contributed by atoms with van der Waals surface area (Å²) in [6, 6.07) is 13.6. The number of fused-ring (bicyclic) bond motifs is 1. The van der Waals surface area contributed by atoms with Crippen molar-refractivity contribution < 1.29 is 9.18 Å². The Morgan fingerprint density at radius 3 is 2.68 bits per heavy atom. The quantitative estimate of drug-likeness (QED) is 0.656. The third kappa shape index (κ3) is 5.07. The van der Waals surface area contributed by atoms with Gasteiger partial charge in [-0.25, -0.2) is 14.2 Å². The van der Waals surface area contributed by atoms with Crippen LogP contribution in [0.5, 0.6) is 0 Å². The zero-order chi connectivity index (χ0) is 20.1. The highest BCUT2D eigenvalue weighted by atomic mass is 19.1. The van der Waals surface area contributed by atoms with Crippen LogP contribution in [0.15, 0.2) is 48.5 Å². The number of likely N-dealkylation sites (N-methyl/N-ethyl adjacent to an activating group) is 1. The fourth-order valence-electron chi connectivity index (χ4n) is 2.95. The highest BCUT2D eigenvalue weighted by Gasteiger charge is 2.19. The fraction of sp³-hybridized carbons (Fsp3) is 0.333. The Bertz CT molecular complexity index is 906. The van der Waals surface area contributed by atoms with Gasteiger partial charge in [-0.15, -0.1) is 0 Å². The summed E-state index contributed by atoms with van der Waals surface area (Å²) in [5.74, 6) is 0.397. The number of hydrogen-bond acceptors (Lipinski definition) is 3. The molecule has 2 aromatic carbocycles. The smallest absolute Gasteiger partial charge is 0.318 e. The minimum atomic E-state index is -0.305. The first-order valence-corrected chi connectivity index (χ1v) is 9.31. The average molecular weight is 383 g/mol. The molecule has 0 aliphatic heterocycles. The van der Waals surface area contributed by atoms with Crippen molar-refractivity contribution in [3.8, 4) is 0 Å². The summed E-state index contributed by atoms with van der Waals surface area (Å²) in [6.45, 7) is 3.47. The number of imidazole rings is 1. The van der Waals surface area contributed by atoms with Gasteiger partial charge < -0.3 is 20.1 Å². The predicted molar refractivity (Wildman–Crippen MR) is 108 cm³/mol. The van der Waals surface area contributed by atoms with Crippen LogP contribution in [0.1, 0.15) is 24.4 Å². The van der Waals surface area contributed by atoms with E-state index in [0.717, 1.165) is 16.6 Å². The molecule has 3 rings (SSSR count). The second-order valence-corrected chi connectivity index (χ2v) is 7.17. The third-order valence-electron chi connectivity index (χ3n) is 4.52. The number of carbonyl (C=O) groups is 1. The number of urea groups is 1. The summed E-state index contributed by atoms with van der Waals surface area (Å²) in [6.07, 6.45) is 0. The number of carbonyl (C=O) groups excluding carboxylic acids is 1. The zero-order valence-corrected chi connectivity index (χ0v) is 16.4. The number of hydrogen-bond donors (Lipinski definition) is 2. The van der Waals surface area contributed by atoms with Gasteiger partial charge in [0.05, 0.1) is 17.1 Å². The molecule has 0 radical (unpaired) electrons. The summed E-state index contributed by atoms with van der Waals surface area (Å²) < 4.78 is 13.5. The number of nitrogens with zero attached hydrogens (tertiary/aromatic N) is 3. The van der Waals surface area contributed by atoms with E-state index < -0.39 is 0 Å². The van der Waals surface area contributed by atoms with Crippen LogP contribution >= 0.6 is 0 Å². The van der Waals surface area contributed by atoms with Crippen molar-refractivity contribution >= 4 is 17.1 Å². The maximum Gasteiger partial charge on any atom is 0.318 e. The molecule has 148 valence electrons. The molecule has 1 unspecified atom stereocenters. The van der Waals surface area contributed by atoms with Gasteiger partial charge in [-0.05, 0) is 50.8 Å². The highest BCUT2D eigenvalue weighted by molar-refractivity contribution is 5.76. The molecule has 28 heavy (non-hydrogen) atoms. The number of benzene rings is 2. The largest absolute Gasteiger partial charge is 0.340 e. The minimum absolute atomic E-state index is 0.209. The Labute approximate surface area is 164 Å². The predicted octanol–water partition coefficient (Wildman–Crippen LogP) is 3.54. The Balaban J connectivity index is 1.71. The molecule has 0 aliphatic rings. The summed E-state index contributed by atoms with van der Waals surface area (Å²) in [5, 5.41) is 3.00. The van der Waals surface area contributed by atoms with Crippen LogP contribution in [-0.2, 0) is 6.54 Å². The minimum Gasteiger partial charge on any atom is -0.340 e. The first-order valence-electron chi connectivity index (χ1n) is 9.31. The number of halogens is 1. The van der Waals surface area contributed by atoms with Gasteiger partial charge in [-0.1, -0.05) is 24.3 Å². The molecule has 2 amide bonds. The molecule has 3 aromatic rings. The first-order chi connectivity index (χ1) is 13.4. The SMILES string of the molecule is CC(NC(=O)N(CCN(C)C)Cc1cccc(F)c1)c1nc2ccccc2[nH]1. The van der Waals surface area contributed by atoms with Crippen molar-refractivity contribution in [1.82, 2.24) is 25.1 Å². The van der Waals surface area contributed by atoms with E-state index in [1.807, 2.05) is 56.3 Å². The second kappa shape index (κ2) is 8.84. The lowest BCUT2D eigenvalue weighted by molar-refractivity contribution is 0.185. The Morgan fingerprint density at radius 1 is 1.18 bits per heavy atom. The summed E-state index contributed by atoms with van der Waals surface area (Å²) in [5.41, 5.74) is 2.55. The Hall–Kier alpha value is -2.93. The monoisotopic (exact) mass is 383 g/mol. The fourth-order valence-corrected chi connectivity index (χ4v) is 2.95. The van der Waals surface area contributed by atoms with E-state index in [2.05, 4.69) is 15.3 Å². The van der Waals surface area contributed by atoms with E-state index in [-0.39, 0.29) is 17.9 Å². The Kier molecular flexibility index (Phi) is 6.26. The van der Waals surface area contributed by atoms with Crippen molar-refractivity contribution in [3.63, 3.8) is 0 Å². The topological polar surface area (TPSA) is 64.3 Å². The van der Waals surface area contributed by atoms with Gasteiger partial charge in [-0.2, -0.15) is 0 Å². The van der Waals surface area contributed by atoms with Crippen molar-refractivity contribution in [2.45, 2.75) is 19.5 Å². The van der Waals surface area contributed by atoms with Crippen molar-refractivity contribution in [2.75, 3.05) is 27.2 Å². The van der Waals surface area contributed by atoms with Gasteiger partial charge in [0.2, 0.25) is 0 Å². The number of aromatic amines is 1. The van der Waals surface area contributed by atoms with Crippen molar-refractivity contribution in [3.05, 3.63) is 65.7 Å². The lowest BCUT2D eigenvalue weighted by Crippen LogP contribution is -2.43. The summed E-state index contributed by atoms with van der Waals surface area (Å²) in [7, 11) is 3.91. The maximum absolute atomic E-state index is 13.5. The van der Waals surface area contributed by atoms with Crippen LogP contribution in [0, 0.1) is 5.82 Å². The molecule has 0 spiro atoms. The zero-order valence-electron chi connectivity index (χ0n) is 16.4. The lowest BCUT2D eigenvalue weighted by atomic mass is 10.2. The second-order valence-electron chi connectivity index (χ2n) is 7.17. The van der Waals surface area contributed by atoms with Gasteiger partial charge in [-0.3, -0.25) is 0 Å². The molecule has 6 nitrogen and oxygen atoms in total. The molecule has 0 aliphatic carbocycles. The highest BCUT2D eigenvalue weighted by Crippen LogP contribution is 2.16. The van der Waals surface area contributed by atoms with E-state index in [4.69, 9.17) is 0 Å². The van der Waals surface area contributed by atoms with E-state index in [1.165, 1.54) is 12.1 Å². The normalized spacial score (nSPS) is 12.3. The van der Waals surface area contributed by atoms with E-state index in [1.54, 1.807) is 11.0 Å². The van der Waals surface area contributed by atoms with Crippen LogP contribution < -0.4 is 5.32 Å². The van der Waals surface area contributed by atoms with Crippen molar-refractivity contribution in [1.29, 1.82) is 0 Å². The van der Waals surface area contributed by atoms with E-state index in [9.17, 15) is 9.18 Å². The molecule has 0 saturated heterocycles. The third-order valence-corrected chi connectivity index (χ3v) is 4.52. The molecule has 1 aromatic heterocycles. The van der Waals surface area contributed by atoms with Crippen LogP contribution in [0.25, 0.3) is 11.0 Å². The molecular formula is C21H26FN5O. The summed E-state index contributed by atoms with van der Waals surface area (Å²) in [4.78, 5) is 24.4. The van der Waals surface area contributed by atoms with Gasteiger partial charge >= 0.3 is 6.03 Å². The lowest BCUT2D eigenvalue weighted by Gasteiger charge is -2.26. The number of aromatic nitrogens is 2. The molecule has 1 atom stereocenters. The standard InChI is InChI=1S/C21H26FN5O/c1-15(20-24-18-9-4-5-10-19(18)25-20)23-21(28)27(12-11-26(2)3)14-16-7-6-8-17(22)13-16/h4-10,13,15H,11-12,14H2,1-3H3,(H,23,28)(H,24,25). The molecule has 2 N–H and O–H groups in total. The van der Waals surface area contributed by atoms with Crippen LogP contribution in [0.2, 0.25) is 0 Å². The van der Waals surface area contributed by atoms with Gasteiger partial charge in [0.1, 0.15) is 11.6 Å². The van der Waals surface area contributed by atoms with E-state index >= 15 is 0 Å². The number of nitrogens with one attached hydrogen (secondary N) is 2. The Morgan fingerprint density at radius 2 is 1.96 bits per heavy atom. The van der Waals surface area contributed by atoms with Crippen LogP contribution in [0.4, 0.5) is 9.18 Å². The first kappa shape index (κ1) is 19.8. The number of H-pyrrole nitrogens is 1. The number of rotatable bonds is 7. The van der Waals surface area contributed by atoms with Crippen LogP contribution in [0.3, 0.4) is 0 Å². The molecule has 0 fully saturated rings. The number of amides is 2. The molecule has 7 heteroatoms. The number of para-hydroxylation sites is 2. The van der Waals surface area contributed by atoms with E-state index in [0.29, 0.717) is 25.5 Å². The van der Waals surface area contributed by atoms with Gasteiger partial charge in [0, 0.05) is 19.6 Å². The summed E-state index contributed by atoms with van der Waals surface area (Å²) >= 11 is 0. The maximum atomic E-state index is 13.5. The average Bonchev–Trinajstić information content (AvgIpc) is 3.09. The molecule has 0 bridgehead atoms. The molecule has 1 heterocycles. The molecular weight excluding hydrogens is 357 g/mol. The van der Waals surface area contributed by atoms with Gasteiger partial charge in [0.25, 0.3) is 0 Å². The van der Waals surface area contributed by atoms with Crippen molar-refractivity contribution in [2.24, 2.45) is 0 Å². The molecule has 0 saturated carbocycles.